The van der Waals surface area contributed by atoms with Gasteiger partial charge in [0.05, 0.1) is 17.5 Å². The summed E-state index contributed by atoms with van der Waals surface area (Å²) in [4.78, 5) is 33.4. The summed E-state index contributed by atoms with van der Waals surface area (Å²) in [5, 5.41) is 0. The number of aromatic amines is 1. The Morgan fingerprint density at radius 2 is 2.04 bits per heavy atom. The van der Waals surface area contributed by atoms with Gasteiger partial charge in [0.1, 0.15) is 5.82 Å². The Bertz CT molecular complexity index is 757. The summed E-state index contributed by atoms with van der Waals surface area (Å²) >= 11 is 0. The zero-order valence-corrected chi connectivity index (χ0v) is 14.2. The molecule has 0 bridgehead atoms. The molecule has 2 amide bonds. The topological polar surface area (TPSA) is 92.1 Å². The minimum absolute atomic E-state index is 0.0927. The summed E-state index contributed by atoms with van der Waals surface area (Å²) in [6.07, 6.45) is 1.70. The Morgan fingerprint density at radius 1 is 1.33 bits per heavy atom. The van der Waals surface area contributed by atoms with Gasteiger partial charge in [0.25, 0.3) is 0 Å². The van der Waals surface area contributed by atoms with Crippen LogP contribution in [0.3, 0.4) is 0 Å². The van der Waals surface area contributed by atoms with E-state index in [1.807, 2.05) is 23.1 Å². The van der Waals surface area contributed by atoms with Gasteiger partial charge in [-0.3, -0.25) is 9.59 Å². The van der Waals surface area contributed by atoms with Gasteiger partial charge in [-0.2, -0.15) is 0 Å². The molecule has 0 aliphatic carbocycles. The van der Waals surface area contributed by atoms with Crippen LogP contribution in [0.2, 0.25) is 0 Å². The molecule has 1 aliphatic heterocycles. The third-order valence-corrected chi connectivity index (χ3v) is 4.72. The van der Waals surface area contributed by atoms with E-state index >= 15 is 0 Å². The van der Waals surface area contributed by atoms with Crippen molar-refractivity contribution in [2.45, 2.75) is 39.0 Å². The lowest BCUT2D eigenvalue weighted by Gasteiger charge is -2.30. The van der Waals surface area contributed by atoms with Crippen molar-refractivity contribution in [3.8, 4) is 0 Å². The Balaban J connectivity index is 1.66. The third kappa shape index (κ3) is 3.42. The zero-order chi connectivity index (χ0) is 17.3. The summed E-state index contributed by atoms with van der Waals surface area (Å²) in [6.45, 7) is 5.40. The second kappa shape index (κ2) is 6.63. The van der Waals surface area contributed by atoms with Crippen LogP contribution in [0.15, 0.2) is 18.2 Å². The molecule has 6 heteroatoms. The number of nitrogens with two attached hydrogens (primary N) is 1. The number of amides is 2. The van der Waals surface area contributed by atoms with Crippen molar-refractivity contribution in [1.82, 2.24) is 14.9 Å². The number of hydrogen-bond donors (Lipinski definition) is 2. The largest absolute Gasteiger partial charge is 0.369 e. The first-order valence-electron chi connectivity index (χ1n) is 8.49. The molecule has 3 rings (SSSR count). The predicted octanol–water partition coefficient (Wildman–Crippen LogP) is 1.95. The van der Waals surface area contributed by atoms with E-state index < -0.39 is 0 Å². The van der Waals surface area contributed by atoms with Crippen molar-refractivity contribution in [3.63, 3.8) is 0 Å². The lowest BCUT2D eigenvalue weighted by atomic mass is 9.96. The van der Waals surface area contributed by atoms with Crippen molar-refractivity contribution in [1.29, 1.82) is 0 Å². The number of fused-ring (bicyclic) bond motifs is 1. The molecule has 0 saturated carbocycles. The number of carbonyl (C=O) groups excluding carboxylic acids is 2. The van der Waals surface area contributed by atoms with Gasteiger partial charge >= 0.3 is 0 Å². The van der Waals surface area contributed by atoms with Crippen LogP contribution in [0.1, 0.15) is 44.0 Å². The average Bonchev–Trinajstić information content (AvgIpc) is 2.98. The highest BCUT2D eigenvalue weighted by molar-refractivity contribution is 5.82. The molecule has 2 heterocycles. The number of piperidine rings is 1. The van der Waals surface area contributed by atoms with E-state index in [4.69, 9.17) is 5.73 Å². The van der Waals surface area contributed by atoms with Gasteiger partial charge in [-0.25, -0.2) is 4.98 Å². The smallest absolute Gasteiger partial charge is 0.226 e. The van der Waals surface area contributed by atoms with E-state index in [-0.39, 0.29) is 17.7 Å². The molecule has 128 valence electrons. The molecule has 1 saturated heterocycles. The normalized spacial score (nSPS) is 16.0. The SMILES string of the molecule is CC(C)c1nc2ccc(CC(=O)N3CCC(C(N)=O)CC3)cc2[nH]1. The number of H-pyrrole nitrogens is 1. The van der Waals surface area contributed by atoms with Gasteiger partial charge < -0.3 is 15.6 Å². The lowest BCUT2D eigenvalue weighted by molar-refractivity contribution is -0.134. The number of carbonyl (C=O) groups is 2. The van der Waals surface area contributed by atoms with Gasteiger partial charge in [-0.05, 0) is 30.5 Å². The van der Waals surface area contributed by atoms with Gasteiger partial charge in [-0.1, -0.05) is 19.9 Å². The lowest BCUT2D eigenvalue weighted by Crippen LogP contribution is -2.42. The molecular formula is C18H24N4O2. The summed E-state index contributed by atoms with van der Waals surface area (Å²) < 4.78 is 0. The van der Waals surface area contributed by atoms with Gasteiger partial charge in [0.15, 0.2) is 0 Å². The third-order valence-electron chi connectivity index (χ3n) is 4.72. The maximum absolute atomic E-state index is 12.5. The quantitative estimate of drug-likeness (QED) is 0.898. The number of likely N-dealkylation sites (tertiary alicyclic amines) is 1. The number of nitrogens with one attached hydrogen (secondary N) is 1. The molecule has 0 unspecified atom stereocenters. The average molecular weight is 328 g/mol. The second-order valence-electron chi connectivity index (χ2n) is 6.86. The first-order valence-corrected chi connectivity index (χ1v) is 8.49. The fourth-order valence-corrected chi connectivity index (χ4v) is 3.16. The van der Waals surface area contributed by atoms with E-state index in [2.05, 4.69) is 23.8 Å². The number of rotatable bonds is 4. The molecule has 24 heavy (non-hydrogen) atoms. The van der Waals surface area contributed by atoms with Crippen molar-refractivity contribution in [2.24, 2.45) is 11.7 Å². The predicted molar refractivity (Wildman–Crippen MR) is 92.4 cm³/mol. The minimum atomic E-state index is -0.257. The van der Waals surface area contributed by atoms with Crippen LogP contribution in [0, 0.1) is 5.92 Å². The van der Waals surface area contributed by atoms with Crippen LogP contribution < -0.4 is 5.73 Å². The highest BCUT2D eigenvalue weighted by Gasteiger charge is 2.25. The molecule has 0 spiro atoms. The fraction of sp³-hybridized carbons (Fsp3) is 0.500. The molecule has 6 nitrogen and oxygen atoms in total. The molecule has 3 N–H and O–H groups in total. The van der Waals surface area contributed by atoms with Crippen LogP contribution in [0.5, 0.6) is 0 Å². The van der Waals surface area contributed by atoms with E-state index in [0.717, 1.165) is 22.4 Å². The van der Waals surface area contributed by atoms with Crippen LogP contribution in [0.25, 0.3) is 11.0 Å². The standard InChI is InChI=1S/C18H24N4O2/c1-11(2)18-20-14-4-3-12(9-15(14)21-18)10-16(23)22-7-5-13(6-8-22)17(19)24/h3-4,9,11,13H,5-8,10H2,1-2H3,(H2,19,24)(H,20,21). The Labute approximate surface area is 141 Å². The van der Waals surface area contributed by atoms with Crippen molar-refractivity contribution >= 4 is 22.8 Å². The second-order valence-corrected chi connectivity index (χ2v) is 6.86. The fourth-order valence-electron chi connectivity index (χ4n) is 3.16. The first-order chi connectivity index (χ1) is 11.4. The molecule has 1 aromatic heterocycles. The van der Waals surface area contributed by atoms with Crippen LogP contribution in [-0.2, 0) is 16.0 Å². The molecule has 2 aromatic rings. The van der Waals surface area contributed by atoms with Gasteiger partial charge in [-0.15, -0.1) is 0 Å². The molecule has 1 fully saturated rings. The van der Waals surface area contributed by atoms with Crippen LogP contribution in [0.4, 0.5) is 0 Å². The summed E-state index contributed by atoms with van der Waals surface area (Å²) in [6, 6.07) is 5.92. The van der Waals surface area contributed by atoms with Crippen LogP contribution in [-0.4, -0.2) is 39.8 Å². The molecule has 1 aliphatic rings. The summed E-state index contributed by atoms with van der Waals surface area (Å²) in [5.41, 5.74) is 8.21. The van der Waals surface area contributed by atoms with E-state index in [9.17, 15) is 9.59 Å². The minimum Gasteiger partial charge on any atom is -0.369 e. The molecular weight excluding hydrogens is 304 g/mol. The maximum atomic E-state index is 12.5. The van der Waals surface area contributed by atoms with Crippen molar-refractivity contribution in [2.75, 3.05) is 13.1 Å². The van der Waals surface area contributed by atoms with Crippen molar-refractivity contribution in [3.05, 3.63) is 29.6 Å². The Morgan fingerprint density at radius 3 is 2.67 bits per heavy atom. The monoisotopic (exact) mass is 328 g/mol. The Hall–Kier alpha value is -2.37. The maximum Gasteiger partial charge on any atom is 0.226 e. The van der Waals surface area contributed by atoms with E-state index in [0.29, 0.717) is 38.3 Å². The molecule has 1 aromatic carbocycles. The number of hydrogen-bond acceptors (Lipinski definition) is 3. The van der Waals surface area contributed by atoms with Gasteiger partial charge in [0.2, 0.25) is 11.8 Å². The number of benzene rings is 1. The Kier molecular flexibility index (Phi) is 4.55. The van der Waals surface area contributed by atoms with E-state index in [1.54, 1.807) is 0 Å². The van der Waals surface area contributed by atoms with Gasteiger partial charge in [0, 0.05) is 24.9 Å². The highest BCUT2D eigenvalue weighted by Crippen LogP contribution is 2.20. The summed E-state index contributed by atoms with van der Waals surface area (Å²) in [5.74, 6) is 1.05. The number of nitrogens with zero attached hydrogens (tertiary/aromatic N) is 2. The van der Waals surface area contributed by atoms with Crippen molar-refractivity contribution < 1.29 is 9.59 Å². The summed E-state index contributed by atoms with van der Waals surface area (Å²) in [7, 11) is 0. The number of aromatic nitrogens is 2. The molecule has 0 atom stereocenters. The first kappa shape index (κ1) is 16.5. The van der Waals surface area contributed by atoms with Crippen LogP contribution >= 0.6 is 0 Å². The number of imidazole rings is 1. The number of primary amides is 1. The highest BCUT2D eigenvalue weighted by atomic mass is 16.2. The van der Waals surface area contributed by atoms with E-state index in [1.165, 1.54) is 0 Å². The molecule has 0 radical (unpaired) electrons. The zero-order valence-electron chi connectivity index (χ0n) is 14.2.